The highest BCUT2D eigenvalue weighted by molar-refractivity contribution is 5.40. The Balaban J connectivity index is 1.95. The number of rotatable bonds is 4. The van der Waals surface area contributed by atoms with E-state index in [0.29, 0.717) is 19.0 Å². The molecule has 18 heavy (non-hydrogen) atoms. The van der Waals surface area contributed by atoms with Gasteiger partial charge < -0.3 is 14.6 Å². The molecule has 1 aliphatic rings. The molecule has 0 aliphatic carbocycles. The van der Waals surface area contributed by atoms with Gasteiger partial charge in [-0.2, -0.15) is 0 Å². The van der Waals surface area contributed by atoms with Crippen molar-refractivity contribution < 1.29 is 14.6 Å². The van der Waals surface area contributed by atoms with Crippen LogP contribution < -0.4 is 0 Å². The van der Waals surface area contributed by atoms with Crippen molar-refractivity contribution in [2.45, 2.75) is 45.3 Å². The van der Waals surface area contributed by atoms with Crippen molar-refractivity contribution >= 4 is 0 Å². The Morgan fingerprint density at radius 1 is 1.39 bits per heavy atom. The zero-order valence-corrected chi connectivity index (χ0v) is 11.4. The van der Waals surface area contributed by atoms with Crippen molar-refractivity contribution in [1.82, 2.24) is 0 Å². The highest BCUT2D eigenvalue weighted by Gasteiger charge is 2.19. The molecule has 1 saturated heterocycles. The van der Waals surface area contributed by atoms with Gasteiger partial charge in [0.15, 0.2) is 0 Å². The zero-order valence-electron chi connectivity index (χ0n) is 11.4. The van der Waals surface area contributed by atoms with Crippen LogP contribution in [-0.2, 0) is 21.5 Å². The van der Waals surface area contributed by atoms with Crippen LogP contribution in [0.1, 0.15) is 38.3 Å². The van der Waals surface area contributed by atoms with E-state index in [1.807, 2.05) is 12.1 Å². The number of aromatic hydroxyl groups is 1. The first-order valence-electron chi connectivity index (χ1n) is 6.48. The molecule has 0 aromatic heterocycles. The molecule has 1 aliphatic heterocycles. The van der Waals surface area contributed by atoms with Gasteiger partial charge in [-0.05, 0) is 35.1 Å². The molecular formula is C15H22O3. The topological polar surface area (TPSA) is 38.7 Å². The summed E-state index contributed by atoms with van der Waals surface area (Å²) < 4.78 is 10.9. The van der Waals surface area contributed by atoms with E-state index < -0.39 is 0 Å². The molecule has 0 amide bonds. The standard InChI is InChI=1S/C15H22O3/c1-15(2,3)13-8-11(4-5-14(13)16)9-17-10-12-6-7-18-12/h4-5,8,12,16H,6-7,9-10H2,1-3H3. The van der Waals surface area contributed by atoms with Crippen LogP contribution in [0.4, 0.5) is 0 Å². The number of benzene rings is 1. The normalized spacial score (nSPS) is 19.6. The van der Waals surface area contributed by atoms with Crippen molar-refractivity contribution in [3.63, 3.8) is 0 Å². The van der Waals surface area contributed by atoms with E-state index in [0.717, 1.165) is 24.2 Å². The molecule has 3 heteroatoms. The summed E-state index contributed by atoms with van der Waals surface area (Å²) in [7, 11) is 0. The molecule has 0 spiro atoms. The van der Waals surface area contributed by atoms with Gasteiger partial charge in [0, 0.05) is 6.61 Å². The van der Waals surface area contributed by atoms with Crippen LogP contribution in [0, 0.1) is 0 Å². The molecule has 0 radical (unpaired) electrons. The van der Waals surface area contributed by atoms with E-state index in [1.54, 1.807) is 6.07 Å². The lowest BCUT2D eigenvalue weighted by Crippen LogP contribution is -2.31. The summed E-state index contributed by atoms with van der Waals surface area (Å²) in [6.45, 7) is 8.37. The highest BCUT2D eigenvalue weighted by atomic mass is 16.5. The summed E-state index contributed by atoms with van der Waals surface area (Å²) >= 11 is 0. The van der Waals surface area contributed by atoms with E-state index in [-0.39, 0.29) is 11.5 Å². The van der Waals surface area contributed by atoms with Gasteiger partial charge in [-0.3, -0.25) is 0 Å². The maximum Gasteiger partial charge on any atom is 0.119 e. The van der Waals surface area contributed by atoms with E-state index in [4.69, 9.17) is 9.47 Å². The molecule has 3 nitrogen and oxygen atoms in total. The fourth-order valence-electron chi connectivity index (χ4n) is 2.00. The third kappa shape index (κ3) is 3.24. The van der Waals surface area contributed by atoms with Crippen molar-refractivity contribution in [2.24, 2.45) is 0 Å². The van der Waals surface area contributed by atoms with Gasteiger partial charge in [-0.1, -0.05) is 26.8 Å². The first-order chi connectivity index (χ1) is 8.47. The van der Waals surface area contributed by atoms with E-state index in [9.17, 15) is 5.11 Å². The second-order valence-corrected chi connectivity index (χ2v) is 5.90. The van der Waals surface area contributed by atoms with Crippen molar-refractivity contribution in [2.75, 3.05) is 13.2 Å². The maximum absolute atomic E-state index is 9.87. The predicted octanol–water partition coefficient (Wildman–Crippen LogP) is 3.00. The Hall–Kier alpha value is -1.06. The number of hydrogen-bond donors (Lipinski definition) is 1. The van der Waals surface area contributed by atoms with Gasteiger partial charge in [-0.15, -0.1) is 0 Å². The van der Waals surface area contributed by atoms with Crippen LogP contribution in [0.2, 0.25) is 0 Å². The Morgan fingerprint density at radius 3 is 2.67 bits per heavy atom. The van der Waals surface area contributed by atoms with Crippen LogP contribution in [0.3, 0.4) is 0 Å². The third-order valence-electron chi connectivity index (χ3n) is 3.23. The van der Waals surface area contributed by atoms with Gasteiger partial charge in [0.25, 0.3) is 0 Å². The smallest absolute Gasteiger partial charge is 0.119 e. The van der Waals surface area contributed by atoms with E-state index >= 15 is 0 Å². The third-order valence-corrected chi connectivity index (χ3v) is 3.23. The molecule has 1 fully saturated rings. The van der Waals surface area contributed by atoms with Crippen molar-refractivity contribution in [1.29, 1.82) is 0 Å². The number of ether oxygens (including phenoxy) is 2. The summed E-state index contributed by atoms with van der Waals surface area (Å²) in [4.78, 5) is 0. The average molecular weight is 250 g/mol. The molecule has 100 valence electrons. The minimum atomic E-state index is -0.0584. The maximum atomic E-state index is 9.87. The second kappa shape index (κ2) is 5.29. The molecule has 2 rings (SSSR count). The van der Waals surface area contributed by atoms with Gasteiger partial charge in [0.2, 0.25) is 0 Å². The number of hydrogen-bond acceptors (Lipinski definition) is 3. The van der Waals surface area contributed by atoms with Crippen LogP contribution in [-0.4, -0.2) is 24.4 Å². The fraction of sp³-hybridized carbons (Fsp3) is 0.600. The quantitative estimate of drug-likeness (QED) is 0.892. The second-order valence-electron chi connectivity index (χ2n) is 5.90. The summed E-state index contributed by atoms with van der Waals surface area (Å²) in [5, 5.41) is 9.87. The summed E-state index contributed by atoms with van der Waals surface area (Å²) in [5.74, 6) is 0.355. The largest absolute Gasteiger partial charge is 0.508 e. The Labute approximate surface area is 109 Å². The SMILES string of the molecule is CC(C)(C)c1cc(COCC2CCO2)ccc1O. The predicted molar refractivity (Wildman–Crippen MR) is 70.8 cm³/mol. The molecule has 0 saturated carbocycles. The lowest BCUT2D eigenvalue weighted by Gasteiger charge is -2.26. The van der Waals surface area contributed by atoms with Gasteiger partial charge in [0.05, 0.1) is 19.3 Å². The molecule has 1 atom stereocenters. The lowest BCUT2D eigenvalue weighted by molar-refractivity contribution is -0.0967. The first-order valence-corrected chi connectivity index (χ1v) is 6.48. The van der Waals surface area contributed by atoms with Crippen molar-refractivity contribution in [3.05, 3.63) is 29.3 Å². The molecule has 1 aromatic rings. The fourth-order valence-corrected chi connectivity index (χ4v) is 2.00. The van der Waals surface area contributed by atoms with E-state index in [2.05, 4.69) is 20.8 Å². The molecule has 1 unspecified atom stereocenters. The summed E-state index contributed by atoms with van der Waals surface area (Å²) in [5.41, 5.74) is 2.00. The Bertz CT molecular complexity index is 403. The lowest BCUT2D eigenvalue weighted by atomic mass is 9.85. The van der Waals surface area contributed by atoms with Crippen LogP contribution >= 0.6 is 0 Å². The average Bonchev–Trinajstić information content (AvgIpc) is 2.22. The first kappa shape index (κ1) is 13.4. The Morgan fingerprint density at radius 2 is 2.11 bits per heavy atom. The van der Waals surface area contributed by atoms with Crippen LogP contribution in [0.15, 0.2) is 18.2 Å². The monoisotopic (exact) mass is 250 g/mol. The molecule has 1 aromatic carbocycles. The van der Waals surface area contributed by atoms with Crippen LogP contribution in [0.25, 0.3) is 0 Å². The zero-order chi connectivity index (χ0) is 13.2. The van der Waals surface area contributed by atoms with Gasteiger partial charge in [0.1, 0.15) is 5.75 Å². The summed E-state index contributed by atoms with van der Waals surface area (Å²) in [6, 6.07) is 5.68. The van der Waals surface area contributed by atoms with Gasteiger partial charge >= 0.3 is 0 Å². The minimum absolute atomic E-state index is 0.0584. The van der Waals surface area contributed by atoms with Crippen LogP contribution in [0.5, 0.6) is 5.75 Å². The molecule has 1 N–H and O–H groups in total. The highest BCUT2D eigenvalue weighted by Crippen LogP contribution is 2.31. The van der Waals surface area contributed by atoms with Gasteiger partial charge in [-0.25, -0.2) is 0 Å². The summed E-state index contributed by atoms with van der Waals surface area (Å²) in [6.07, 6.45) is 1.38. The molecule has 0 bridgehead atoms. The van der Waals surface area contributed by atoms with Crippen molar-refractivity contribution in [3.8, 4) is 5.75 Å². The molecular weight excluding hydrogens is 228 g/mol. The van der Waals surface area contributed by atoms with E-state index in [1.165, 1.54) is 0 Å². The number of phenols is 1. The molecule has 1 heterocycles. The minimum Gasteiger partial charge on any atom is -0.508 e. The Kier molecular flexibility index (Phi) is 3.93. The number of phenolic OH excluding ortho intramolecular Hbond substituents is 1.